The number of hydrogen-bond acceptors (Lipinski definition) is 2. The molecule has 2 heterocycles. The normalized spacial score (nSPS) is 32.7. The van der Waals surface area contributed by atoms with Gasteiger partial charge in [0.1, 0.15) is 0 Å². The lowest BCUT2D eigenvalue weighted by Gasteiger charge is -2.27. The molecule has 0 N–H and O–H groups in total. The zero-order valence-electron chi connectivity index (χ0n) is 9.36. The molecule has 0 radical (unpaired) electrons. The smallest absolute Gasteiger partial charge is 0.219 e. The van der Waals surface area contributed by atoms with Crippen molar-refractivity contribution in [1.82, 2.24) is 9.80 Å². The minimum Gasteiger partial charge on any atom is -0.338 e. The van der Waals surface area contributed by atoms with Gasteiger partial charge >= 0.3 is 0 Å². The molecule has 2 fully saturated rings. The highest BCUT2D eigenvalue weighted by atomic mass is 16.2. The number of likely N-dealkylation sites (tertiary alicyclic amines) is 2. The molecule has 2 aliphatic rings. The van der Waals surface area contributed by atoms with E-state index < -0.39 is 0 Å². The van der Waals surface area contributed by atoms with Gasteiger partial charge in [0, 0.05) is 38.1 Å². The van der Waals surface area contributed by atoms with Crippen molar-refractivity contribution >= 4 is 5.91 Å². The Bertz CT molecular complexity index is 239. The van der Waals surface area contributed by atoms with Crippen LogP contribution in [-0.4, -0.2) is 46.9 Å². The maximum atomic E-state index is 11.4. The Morgan fingerprint density at radius 1 is 1.21 bits per heavy atom. The van der Waals surface area contributed by atoms with E-state index in [-0.39, 0.29) is 5.91 Å². The first-order valence-corrected chi connectivity index (χ1v) is 5.64. The molecule has 80 valence electrons. The summed E-state index contributed by atoms with van der Waals surface area (Å²) in [5, 5.41) is 0. The van der Waals surface area contributed by atoms with Gasteiger partial charge in [-0.25, -0.2) is 0 Å². The second-order valence-electron chi connectivity index (χ2n) is 4.76. The number of carbonyl (C=O) groups is 1. The second kappa shape index (κ2) is 3.54. The summed E-state index contributed by atoms with van der Waals surface area (Å²) in [6, 6.07) is 1.77. The van der Waals surface area contributed by atoms with Gasteiger partial charge in [0.2, 0.25) is 5.91 Å². The highest BCUT2D eigenvalue weighted by Crippen LogP contribution is 2.32. The maximum absolute atomic E-state index is 11.4. The number of carbonyl (C=O) groups excluding carboxylic acids is 1. The van der Waals surface area contributed by atoms with E-state index >= 15 is 0 Å². The highest BCUT2D eigenvalue weighted by Gasteiger charge is 2.43. The van der Waals surface area contributed by atoms with Crippen LogP contribution in [0.5, 0.6) is 0 Å². The Hall–Kier alpha value is -0.570. The third kappa shape index (κ3) is 1.44. The van der Waals surface area contributed by atoms with Crippen LogP contribution < -0.4 is 0 Å². The van der Waals surface area contributed by atoms with Crippen LogP contribution in [0.3, 0.4) is 0 Å². The molecule has 2 saturated heterocycles. The van der Waals surface area contributed by atoms with Gasteiger partial charge in [0.25, 0.3) is 0 Å². The Morgan fingerprint density at radius 2 is 1.86 bits per heavy atom. The van der Waals surface area contributed by atoms with E-state index in [0.717, 1.165) is 13.1 Å². The molecule has 0 aromatic carbocycles. The van der Waals surface area contributed by atoms with Crippen molar-refractivity contribution in [2.45, 2.75) is 51.7 Å². The number of amides is 1. The Balaban J connectivity index is 2.08. The van der Waals surface area contributed by atoms with Gasteiger partial charge in [-0.3, -0.25) is 9.69 Å². The van der Waals surface area contributed by atoms with Crippen LogP contribution in [0.2, 0.25) is 0 Å². The first kappa shape index (κ1) is 9.97. The van der Waals surface area contributed by atoms with E-state index in [0.29, 0.717) is 18.1 Å². The average molecular weight is 196 g/mol. The molecule has 0 bridgehead atoms. The van der Waals surface area contributed by atoms with Gasteiger partial charge in [-0.1, -0.05) is 0 Å². The zero-order chi connectivity index (χ0) is 10.3. The lowest BCUT2D eigenvalue weighted by atomic mass is 10.1. The number of nitrogens with zero attached hydrogens (tertiary/aromatic N) is 2. The van der Waals surface area contributed by atoms with Crippen molar-refractivity contribution in [2.75, 3.05) is 13.1 Å². The predicted molar refractivity (Wildman–Crippen MR) is 56.0 cm³/mol. The first-order valence-electron chi connectivity index (χ1n) is 5.64. The lowest BCUT2D eigenvalue weighted by molar-refractivity contribution is -0.129. The fourth-order valence-electron chi connectivity index (χ4n) is 3.05. The number of rotatable bonds is 1. The molecule has 0 saturated carbocycles. The summed E-state index contributed by atoms with van der Waals surface area (Å²) in [4.78, 5) is 16.0. The van der Waals surface area contributed by atoms with E-state index in [4.69, 9.17) is 0 Å². The summed E-state index contributed by atoms with van der Waals surface area (Å²) in [5.41, 5.74) is 0. The molecule has 3 nitrogen and oxygen atoms in total. The van der Waals surface area contributed by atoms with Crippen LogP contribution in [0, 0.1) is 0 Å². The molecule has 0 aromatic rings. The van der Waals surface area contributed by atoms with Crippen molar-refractivity contribution in [3.8, 4) is 0 Å². The van der Waals surface area contributed by atoms with Gasteiger partial charge < -0.3 is 4.90 Å². The average Bonchev–Trinajstić information content (AvgIpc) is 2.59. The van der Waals surface area contributed by atoms with E-state index in [2.05, 4.69) is 23.6 Å². The summed E-state index contributed by atoms with van der Waals surface area (Å²) in [6.07, 6.45) is 2.34. The largest absolute Gasteiger partial charge is 0.338 e. The fraction of sp³-hybridized carbons (Fsp3) is 0.909. The van der Waals surface area contributed by atoms with Crippen LogP contribution in [-0.2, 0) is 4.79 Å². The van der Waals surface area contributed by atoms with Crippen molar-refractivity contribution in [1.29, 1.82) is 0 Å². The Kier molecular flexibility index (Phi) is 2.52. The predicted octanol–water partition coefficient (Wildman–Crippen LogP) is 1.09. The molecule has 0 aliphatic carbocycles. The lowest BCUT2D eigenvalue weighted by Crippen LogP contribution is -2.40. The van der Waals surface area contributed by atoms with Crippen molar-refractivity contribution < 1.29 is 4.79 Å². The van der Waals surface area contributed by atoms with Crippen LogP contribution >= 0.6 is 0 Å². The van der Waals surface area contributed by atoms with E-state index in [9.17, 15) is 4.79 Å². The minimum atomic E-state index is 0.253. The highest BCUT2D eigenvalue weighted by molar-refractivity contribution is 5.74. The molecule has 2 aliphatic heterocycles. The van der Waals surface area contributed by atoms with Crippen molar-refractivity contribution in [3.63, 3.8) is 0 Å². The summed E-state index contributed by atoms with van der Waals surface area (Å²) >= 11 is 0. The van der Waals surface area contributed by atoms with Gasteiger partial charge in [0.05, 0.1) is 0 Å². The molecule has 2 atom stereocenters. The summed E-state index contributed by atoms with van der Waals surface area (Å²) in [6.45, 7) is 8.32. The monoisotopic (exact) mass is 196 g/mol. The summed E-state index contributed by atoms with van der Waals surface area (Å²) in [7, 11) is 0. The van der Waals surface area contributed by atoms with Crippen LogP contribution in [0.4, 0.5) is 0 Å². The van der Waals surface area contributed by atoms with E-state index in [1.807, 2.05) is 0 Å². The molecular weight excluding hydrogens is 176 g/mol. The SMILES string of the molecule is CC(=O)N1CC[C@H]2[C@@H]1CCN2C(C)C. The number of hydrogen-bond donors (Lipinski definition) is 0. The van der Waals surface area contributed by atoms with E-state index in [1.54, 1.807) is 6.92 Å². The van der Waals surface area contributed by atoms with Gasteiger partial charge in [0.15, 0.2) is 0 Å². The van der Waals surface area contributed by atoms with Crippen LogP contribution in [0.1, 0.15) is 33.6 Å². The molecule has 2 rings (SSSR count). The third-order valence-corrected chi connectivity index (χ3v) is 3.69. The quantitative estimate of drug-likeness (QED) is 0.627. The topological polar surface area (TPSA) is 23.6 Å². The summed E-state index contributed by atoms with van der Waals surface area (Å²) in [5.74, 6) is 0.253. The molecule has 0 unspecified atom stereocenters. The Morgan fingerprint density at radius 3 is 2.43 bits per heavy atom. The second-order valence-corrected chi connectivity index (χ2v) is 4.76. The molecule has 3 heteroatoms. The zero-order valence-corrected chi connectivity index (χ0v) is 9.36. The molecule has 0 spiro atoms. The van der Waals surface area contributed by atoms with Crippen LogP contribution in [0.15, 0.2) is 0 Å². The molecule has 0 aromatic heterocycles. The maximum Gasteiger partial charge on any atom is 0.219 e. The van der Waals surface area contributed by atoms with Gasteiger partial charge in [-0.2, -0.15) is 0 Å². The minimum absolute atomic E-state index is 0.253. The van der Waals surface area contributed by atoms with Gasteiger partial charge in [-0.15, -0.1) is 0 Å². The standard InChI is InChI=1S/C11H20N2O/c1-8(2)12-6-4-11-10(12)5-7-13(11)9(3)14/h8,10-11H,4-7H2,1-3H3/t10-,11-/m0/s1. The molecular formula is C11H20N2O. The number of fused-ring (bicyclic) bond motifs is 1. The van der Waals surface area contributed by atoms with Crippen molar-refractivity contribution in [2.24, 2.45) is 0 Å². The van der Waals surface area contributed by atoms with Crippen molar-refractivity contribution in [3.05, 3.63) is 0 Å². The Labute approximate surface area is 86.1 Å². The third-order valence-electron chi connectivity index (χ3n) is 3.69. The fourth-order valence-corrected chi connectivity index (χ4v) is 3.05. The molecule has 1 amide bonds. The first-order chi connectivity index (χ1) is 6.61. The van der Waals surface area contributed by atoms with E-state index in [1.165, 1.54) is 12.8 Å². The molecule has 14 heavy (non-hydrogen) atoms. The van der Waals surface area contributed by atoms with Gasteiger partial charge in [-0.05, 0) is 26.7 Å². The van der Waals surface area contributed by atoms with Crippen LogP contribution in [0.25, 0.3) is 0 Å². The summed E-state index contributed by atoms with van der Waals surface area (Å²) < 4.78 is 0.